The zero-order valence-electron chi connectivity index (χ0n) is 12.2. The maximum Gasteiger partial charge on any atom is 0.223 e. The van der Waals surface area contributed by atoms with E-state index in [-0.39, 0.29) is 0 Å². The number of hydrogen-bond donors (Lipinski definition) is 0. The number of methoxy groups -OCH3 is 1. The largest absolute Gasteiger partial charge is 0.495 e. The molecule has 6 nitrogen and oxygen atoms in total. The summed E-state index contributed by atoms with van der Waals surface area (Å²) in [7, 11) is 1.59. The summed E-state index contributed by atoms with van der Waals surface area (Å²) in [6.45, 7) is 1.80. The molecule has 0 saturated carbocycles. The van der Waals surface area contributed by atoms with Gasteiger partial charge in [-0.15, -0.1) is 20.9 Å². The number of benzene rings is 1. The van der Waals surface area contributed by atoms with Crippen LogP contribution < -0.4 is 4.74 Å². The molecule has 0 bridgehead atoms. The van der Waals surface area contributed by atoms with E-state index in [4.69, 9.17) is 4.74 Å². The van der Waals surface area contributed by atoms with E-state index in [1.807, 2.05) is 24.3 Å². The van der Waals surface area contributed by atoms with E-state index in [0.717, 1.165) is 11.3 Å². The number of nitrogens with zero attached hydrogens (tertiary/aromatic N) is 5. The highest BCUT2D eigenvalue weighted by Gasteiger charge is 2.09. The molecule has 0 fully saturated rings. The van der Waals surface area contributed by atoms with Crippen LogP contribution in [0.25, 0.3) is 17.2 Å². The van der Waals surface area contributed by atoms with Crippen LogP contribution in [0.5, 0.6) is 5.75 Å². The first-order valence-electron chi connectivity index (χ1n) is 6.64. The zero-order chi connectivity index (χ0) is 15.4. The molecule has 0 saturated heterocycles. The standard InChI is InChI=1S/C16H13N5O/c1-3-5-12-6-4-7-13(10-12)21-19-16(18-20-21)15-9-8-14(22-2)11-17-15/h4,6-11H,1-2H3. The number of rotatable bonds is 3. The van der Waals surface area contributed by atoms with Crippen molar-refractivity contribution in [2.24, 2.45) is 0 Å². The zero-order valence-corrected chi connectivity index (χ0v) is 12.2. The van der Waals surface area contributed by atoms with E-state index >= 15 is 0 Å². The van der Waals surface area contributed by atoms with E-state index in [9.17, 15) is 0 Å². The maximum atomic E-state index is 5.08. The summed E-state index contributed by atoms with van der Waals surface area (Å²) in [5.41, 5.74) is 2.34. The second kappa shape index (κ2) is 6.06. The molecule has 0 atom stereocenters. The van der Waals surface area contributed by atoms with E-state index in [1.54, 1.807) is 32.4 Å². The molecule has 0 aliphatic carbocycles. The van der Waals surface area contributed by atoms with Gasteiger partial charge in [0.05, 0.1) is 19.0 Å². The maximum absolute atomic E-state index is 5.08. The fraction of sp³-hybridized carbons (Fsp3) is 0.125. The highest BCUT2D eigenvalue weighted by Crippen LogP contribution is 2.16. The van der Waals surface area contributed by atoms with Gasteiger partial charge in [-0.2, -0.15) is 0 Å². The minimum absolute atomic E-state index is 0.453. The summed E-state index contributed by atoms with van der Waals surface area (Å²) in [4.78, 5) is 5.71. The summed E-state index contributed by atoms with van der Waals surface area (Å²) in [6.07, 6.45) is 1.62. The average Bonchev–Trinajstić information content (AvgIpc) is 3.06. The molecule has 2 heterocycles. The van der Waals surface area contributed by atoms with E-state index in [1.165, 1.54) is 4.80 Å². The SMILES string of the molecule is CC#Cc1cccc(-n2nnc(-c3ccc(OC)cn3)n2)c1. The highest BCUT2D eigenvalue weighted by molar-refractivity contribution is 5.49. The van der Waals surface area contributed by atoms with Gasteiger partial charge in [0.2, 0.25) is 5.82 Å². The van der Waals surface area contributed by atoms with Gasteiger partial charge in [0, 0.05) is 5.56 Å². The Morgan fingerprint density at radius 3 is 2.82 bits per heavy atom. The van der Waals surface area contributed by atoms with Gasteiger partial charge in [0.15, 0.2) is 0 Å². The number of hydrogen-bond acceptors (Lipinski definition) is 5. The Bertz CT molecular complexity index is 843. The van der Waals surface area contributed by atoms with Crippen molar-refractivity contribution in [3.05, 3.63) is 48.2 Å². The van der Waals surface area contributed by atoms with Crippen molar-refractivity contribution in [2.75, 3.05) is 7.11 Å². The number of pyridine rings is 1. The van der Waals surface area contributed by atoms with Crippen LogP contribution >= 0.6 is 0 Å². The predicted octanol–water partition coefficient (Wildman–Crippen LogP) is 2.10. The monoisotopic (exact) mass is 291 g/mol. The van der Waals surface area contributed by atoms with Gasteiger partial charge in [-0.25, -0.2) is 4.98 Å². The summed E-state index contributed by atoms with van der Waals surface area (Å²) in [5.74, 6) is 7.01. The molecule has 22 heavy (non-hydrogen) atoms. The molecule has 0 spiro atoms. The second-order valence-electron chi connectivity index (χ2n) is 4.41. The van der Waals surface area contributed by atoms with Crippen LogP contribution in [0.2, 0.25) is 0 Å². The Balaban J connectivity index is 1.92. The minimum Gasteiger partial charge on any atom is -0.495 e. The second-order valence-corrected chi connectivity index (χ2v) is 4.41. The summed E-state index contributed by atoms with van der Waals surface area (Å²) in [6, 6.07) is 11.2. The Morgan fingerprint density at radius 2 is 2.09 bits per heavy atom. The highest BCUT2D eigenvalue weighted by atomic mass is 16.5. The molecule has 108 valence electrons. The number of tetrazole rings is 1. The predicted molar refractivity (Wildman–Crippen MR) is 81.5 cm³/mol. The van der Waals surface area contributed by atoms with Crippen molar-refractivity contribution in [2.45, 2.75) is 6.92 Å². The summed E-state index contributed by atoms with van der Waals surface area (Å²) < 4.78 is 5.08. The molecule has 0 unspecified atom stereocenters. The van der Waals surface area contributed by atoms with Crippen molar-refractivity contribution in [1.29, 1.82) is 0 Å². The lowest BCUT2D eigenvalue weighted by atomic mass is 10.2. The van der Waals surface area contributed by atoms with Crippen LogP contribution in [0, 0.1) is 11.8 Å². The third-order valence-electron chi connectivity index (χ3n) is 2.96. The Labute approximate surface area is 127 Å². The molecule has 3 aromatic rings. The average molecular weight is 291 g/mol. The van der Waals surface area contributed by atoms with Crippen molar-refractivity contribution in [1.82, 2.24) is 25.2 Å². The topological polar surface area (TPSA) is 65.7 Å². The molecular weight excluding hydrogens is 278 g/mol. The van der Waals surface area contributed by atoms with E-state index in [2.05, 4.69) is 32.2 Å². The molecule has 0 N–H and O–H groups in total. The lowest BCUT2D eigenvalue weighted by Crippen LogP contribution is -1.99. The number of aromatic nitrogens is 5. The van der Waals surface area contributed by atoms with Gasteiger partial charge in [-0.1, -0.05) is 12.0 Å². The van der Waals surface area contributed by atoms with Gasteiger partial charge in [0.1, 0.15) is 11.4 Å². The van der Waals surface area contributed by atoms with Crippen LogP contribution in [-0.2, 0) is 0 Å². The molecule has 0 aliphatic rings. The molecular formula is C16H13N5O. The van der Waals surface area contributed by atoms with Crippen molar-refractivity contribution < 1.29 is 4.74 Å². The first-order valence-corrected chi connectivity index (χ1v) is 6.64. The lowest BCUT2D eigenvalue weighted by molar-refractivity contribution is 0.413. The van der Waals surface area contributed by atoms with Crippen LogP contribution in [-0.4, -0.2) is 32.3 Å². The van der Waals surface area contributed by atoms with E-state index in [0.29, 0.717) is 17.3 Å². The van der Waals surface area contributed by atoms with Crippen molar-refractivity contribution in [3.63, 3.8) is 0 Å². The lowest BCUT2D eigenvalue weighted by Gasteiger charge is -1.99. The van der Waals surface area contributed by atoms with E-state index < -0.39 is 0 Å². The molecule has 6 heteroatoms. The Morgan fingerprint density at radius 1 is 1.18 bits per heavy atom. The van der Waals surface area contributed by atoms with Gasteiger partial charge in [-0.05, 0) is 42.5 Å². The van der Waals surface area contributed by atoms with Crippen LogP contribution in [0.15, 0.2) is 42.6 Å². The molecule has 0 amide bonds. The van der Waals surface area contributed by atoms with Crippen LogP contribution in [0.1, 0.15) is 12.5 Å². The molecule has 0 aliphatic heterocycles. The Kier molecular flexibility index (Phi) is 3.79. The number of ether oxygens (including phenoxy) is 1. The molecule has 3 rings (SSSR count). The normalized spacial score (nSPS) is 9.91. The van der Waals surface area contributed by atoms with Crippen molar-refractivity contribution >= 4 is 0 Å². The summed E-state index contributed by atoms with van der Waals surface area (Å²) in [5, 5.41) is 12.4. The van der Waals surface area contributed by atoms with Crippen molar-refractivity contribution in [3.8, 4) is 34.8 Å². The summed E-state index contributed by atoms with van der Waals surface area (Å²) >= 11 is 0. The first-order chi connectivity index (χ1) is 10.8. The fourth-order valence-corrected chi connectivity index (χ4v) is 1.91. The minimum atomic E-state index is 0.453. The van der Waals surface area contributed by atoms with Gasteiger partial charge in [-0.3, -0.25) is 0 Å². The fourth-order valence-electron chi connectivity index (χ4n) is 1.91. The Hall–Kier alpha value is -3.20. The molecule has 0 radical (unpaired) electrons. The van der Waals surface area contributed by atoms with Gasteiger partial charge < -0.3 is 4.74 Å². The molecule has 2 aromatic heterocycles. The third kappa shape index (κ3) is 2.79. The van der Waals surface area contributed by atoms with Gasteiger partial charge in [0.25, 0.3) is 0 Å². The molecule has 1 aromatic carbocycles. The third-order valence-corrected chi connectivity index (χ3v) is 2.96. The van der Waals surface area contributed by atoms with Crippen LogP contribution in [0.3, 0.4) is 0 Å². The first kappa shape index (κ1) is 13.8. The van der Waals surface area contributed by atoms with Crippen LogP contribution in [0.4, 0.5) is 0 Å². The smallest absolute Gasteiger partial charge is 0.223 e. The van der Waals surface area contributed by atoms with Gasteiger partial charge >= 0.3 is 0 Å². The quantitative estimate of drug-likeness (QED) is 0.691.